The highest BCUT2D eigenvalue weighted by molar-refractivity contribution is 5.45. The summed E-state index contributed by atoms with van der Waals surface area (Å²) in [6.45, 7) is 12.6. The molecule has 0 aromatic heterocycles. The number of rotatable bonds is 0. The van der Waals surface area contributed by atoms with E-state index in [0.29, 0.717) is 5.41 Å². The summed E-state index contributed by atoms with van der Waals surface area (Å²) >= 11 is 0. The largest absolute Gasteiger partial charge is 0.0683 e. The van der Waals surface area contributed by atoms with Crippen LogP contribution in [-0.2, 0) is 12.8 Å². The third-order valence-corrected chi connectivity index (χ3v) is 4.92. The molecule has 0 bridgehead atoms. The van der Waals surface area contributed by atoms with E-state index in [1.54, 1.807) is 11.1 Å². The van der Waals surface area contributed by atoms with Crippen LogP contribution in [0.15, 0.2) is 12.1 Å². The van der Waals surface area contributed by atoms with Crippen LogP contribution in [0.5, 0.6) is 0 Å². The number of aryl methyl sites for hydroxylation is 2. The van der Waals surface area contributed by atoms with Gasteiger partial charge in [0.05, 0.1) is 0 Å². The van der Waals surface area contributed by atoms with E-state index in [-0.39, 0.29) is 0 Å². The molecule has 0 nitrogen and oxygen atoms in total. The van der Waals surface area contributed by atoms with Gasteiger partial charge in [0.15, 0.2) is 0 Å². The number of hydrogen-bond donors (Lipinski definition) is 0. The zero-order chi connectivity index (χ0) is 15.2. The van der Waals surface area contributed by atoms with Crippen molar-refractivity contribution in [1.82, 2.24) is 0 Å². The molecule has 2 aliphatic carbocycles. The molecule has 0 atom stereocenters. The molecule has 0 heteroatoms. The van der Waals surface area contributed by atoms with Gasteiger partial charge in [0, 0.05) is 0 Å². The van der Waals surface area contributed by atoms with E-state index < -0.39 is 0 Å². The second-order valence-electron chi connectivity index (χ2n) is 6.07. The Morgan fingerprint density at radius 1 is 0.700 bits per heavy atom. The van der Waals surface area contributed by atoms with Crippen molar-refractivity contribution in [3.63, 3.8) is 0 Å². The Labute approximate surface area is 127 Å². The third-order valence-electron chi connectivity index (χ3n) is 4.92. The highest BCUT2D eigenvalue weighted by atomic mass is 14.4. The lowest BCUT2D eigenvalue weighted by Gasteiger charge is -2.33. The van der Waals surface area contributed by atoms with Crippen molar-refractivity contribution < 1.29 is 0 Å². The highest BCUT2D eigenvalue weighted by Gasteiger charge is 2.39. The van der Waals surface area contributed by atoms with Gasteiger partial charge in [0.2, 0.25) is 0 Å². The zero-order valence-electron chi connectivity index (χ0n) is 14.6. The maximum atomic E-state index is 2.32. The highest BCUT2D eigenvalue weighted by Crippen LogP contribution is 2.48. The second kappa shape index (κ2) is 7.86. The molecule has 0 heterocycles. The lowest BCUT2D eigenvalue weighted by Crippen LogP contribution is -2.24. The molecule has 1 aromatic rings. The van der Waals surface area contributed by atoms with Crippen LogP contribution in [-0.4, -0.2) is 0 Å². The Morgan fingerprint density at radius 3 is 1.50 bits per heavy atom. The summed E-state index contributed by atoms with van der Waals surface area (Å²) in [7, 11) is 0. The Hall–Kier alpha value is -0.780. The van der Waals surface area contributed by atoms with Crippen molar-refractivity contribution in [1.29, 1.82) is 0 Å². The molecule has 20 heavy (non-hydrogen) atoms. The van der Waals surface area contributed by atoms with Gasteiger partial charge in [-0.3, -0.25) is 0 Å². The first-order chi connectivity index (χ1) is 9.70. The molecule has 1 aromatic carbocycles. The van der Waals surface area contributed by atoms with Crippen LogP contribution in [0, 0.1) is 19.3 Å². The lowest BCUT2D eigenvalue weighted by molar-refractivity contribution is 0.202. The normalized spacial score (nSPS) is 18.5. The van der Waals surface area contributed by atoms with E-state index in [9.17, 15) is 0 Å². The van der Waals surface area contributed by atoms with E-state index in [1.807, 2.05) is 27.7 Å². The molecular formula is C20H34. The zero-order valence-corrected chi connectivity index (χ0v) is 14.6. The second-order valence-corrected chi connectivity index (χ2v) is 6.07. The smallest absolute Gasteiger partial charge is 0.0213 e. The predicted octanol–water partition coefficient (Wildman–Crippen LogP) is 6.40. The van der Waals surface area contributed by atoms with Crippen LogP contribution in [0.25, 0.3) is 0 Å². The topological polar surface area (TPSA) is 0 Å². The molecule has 0 aliphatic heterocycles. The summed E-state index contributed by atoms with van der Waals surface area (Å²) in [6, 6.07) is 4.63. The van der Waals surface area contributed by atoms with E-state index in [0.717, 1.165) is 0 Å². The first-order valence-corrected chi connectivity index (χ1v) is 8.78. The third kappa shape index (κ3) is 3.45. The SMILES string of the molecule is CC.CC.Cc1ccc(C)c2c1CC1(CCCCC1)C2. The fourth-order valence-electron chi connectivity index (χ4n) is 3.89. The summed E-state index contributed by atoms with van der Waals surface area (Å²) in [4.78, 5) is 0. The van der Waals surface area contributed by atoms with Gasteiger partial charge in [0.25, 0.3) is 0 Å². The molecule has 0 unspecified atom stereocenters. The van der Waals surface area contributed by atoms with Crippen LogP contribution in [0.4, 0.5) is 0 Å². The molecule has 0 saturated heterocycles. The van der Waals surface area contributed by atoms with Crippen molar-refractivity contribution in [2.75, 3.05) is 0 Å². The number of benzene rings is 1. The average molecular weight is 274 g/mol. The quantitative estimate of drug-likeness (QED) is 0.513. The summed E-state index contributed by atoms with van der Waals surface area (Å²) in [6.07, 6.45) is 10.1. The van der Waals surface area contributed by atoms with Gasteiger partial charge in [-0.2, -0.15) is 0 Å². The number of fused-ring (bicyclic) bond motifs is 1. The van der Waals surface area contributed by atoms with Crippen LogP contribution in [0.3, 0.4) is 0 Å². The van der Waals surface area contributed by atoms with Crippen LogP contribution in [0.1, 0.15) is 82.1 Å². The fraction of sp³-hybridized carbons (Fsp3) is 0.700. The van der Waals surface area contributed by atoms with Crippen LogP contribution < -0.4 is 0 Å². The van der Waals surface area contributed by atoms with Gasteiger partial charge in [-0.1, -0.05) is 59.1 Å². The first-order valence-electron chi connectivity index (χ1n) is 8.78. The molecule has 114 valence electrons. The monoisotopic (exact) mass is 274 g/mol. The summed E-state index contributed by atoms with van der Waals surface area (Å²) in [5, 5.41) is 0. The molecule has 2 aliphatic rings. The average Bonchev–Trinajstić information content (AvgIpc) is 2.88. The summed E-state index contributed by atoms with van der Waals surface area (Å²) in [5.74, 6) is 0. The minimum atomic E-state index is 0.664. The predicted molar refractivity (Wildman–Crippen MR) is 91.5 cm³/mol. The van der Waals surface area contributed by atoms with Crippen molar-refractivity contribution in [3.05, 3.63) is 34.4 Å². The molecule has 1 fully saturated rings. The van der Waals surface area contributed by atoms with E-state index in [4.69, 9.17) is 0 Å². The van der Waals surface area contributed by atoms with Crippen molar-refractivity contribution in [2.45, 2.75) is 86.5 Å². The van der Waals surface area contributed by atoms with E-state index in [1.165, 1.54) is 56.1 Å². The molecule has 0 amide bonds. The summed E-state index contributed by atoms with van der Waals surface area (Å²) < 4.78 is 0. The standard InChI is InChI=1S/C16H22.2C2H6/c1-12-6-7-13(2)15-11-16(10-14(12)15)8-4-3-5-9-16;2*1-2/h6-7H,3-5,8-11H2,1-2H3;2*1-2H3. The molecule has 0 N–H and O–H groups in total. The Morgan fingerprint density at radius 2 is 1.10 bits per heavy atom. The van der Waals surface area contributed by atoms with E-state index in [2.05, 4.69) is 26.0 Å². The van der Waals surface area contributed by atoms with Gasteiger partial charge in [-0.25, -0.2) is 0 Å². The molecule has 0 radical (unpaired) electrons. The lowest BCUT2D eigenvalue weighted by atomic mass is 9.72. The molecule has 1 saturated carbocycles. The maximum Gasteiger partial charge on any atom is -0.0213 e. The van der Waals surface area contributed by atoms with Crippen molar-refractivity contribution >= 4 is 0 Å². The Bertz CT molecular complexity index is 375. The van der Waals surface area contributed by atoms with Crippen LogP contribution >= 0.6 is 0 Å². The van der Waals surface area contributed by atoms with Gasteiger partial charge in [-0.05, 0) is 67.2 Å². The Balaban J connectivity index is 0.000000461. The minimum Gasteiger partial charge on any atom is -0.0683 e. The van der Waals surface area contributed by atoms with Crippen molar-refractivity contribution in [2.24, 2.45) is 5.41 Å². The molecule has 1 spiro atoms. The van der Waals surface area contributed by atoms with Gasteiger partial charge < -0.3 is 0 Å². The van der Waals surface area contributed by atoms with E-state index >= 15 is 0 Å². The van der Waals surface area contributed by atoms with Gasteiger partial charge in [-0.15, -0.1) is 0 Å². The van der Waals surface area contributed by atoms with Crippen LogP contribution in [0.2, 0.25) is 0 Å². The number of hydrogen-bond acceptors (Lipinski definition) is 0. The minimum absolute atomic E-state index is 0.664. The molecule has 3 rings (SSSR count). The summed E-state index contributed by atoms with van der Waals surface area (Å²) in [5.41, 5.74) is 7.12. The Kier molecular flexibility index (Phi) is 6.79. The van der Waals surface area contributed by atoms with Crippen molar-refractivity contribution in [3.8, 4) is 0 Å². The fourth-order valence-corrected chi connectivity index (χ4v) is 3.89. The van der Waals surface area contributed by atoms with Gasteiger partial charge >= 0.3 is 0 Å². The first kappa shape index (κ1) is 17.3. The molecular weight excluding hydrogens is 240 g/mol. The van der Waals surface area contributed by atoms with Gasteiger partial charge in [0.1, 0.15) is 0 Å². The maximum absolute atomic E-state index is 2.32.